The smallest absolute Gasteiger partial charge is 0.260 e. The average molecular weight is 335 g/mol. The molecule has 1 aromatic carbocycles. The van der Waals surface area contributed by atoms with Crippen molar-refractivity contribution in [2.24, 2.45) is 0 Å². The molecule has 1 aliphatic rings. The van der Waals surface area contributed by atoms with Crippen LogP contribution in [-0.4, -0.2) is 50.5 Å². The monoisotopic (exact) mass is 335 g/mol. The first-order valence-corrected chi connectivity index (χ1v) is 8.07. The molecule has 3 heterocycles. The molecule has 1 aliphatic heterocycles. The van der Waals surface area contributed by atoms with E-state index in [1.54, 1.807) is 29.4 Å². The summed E-state index contributed by atoms with van der Waals surface area (Å²) in [6, 6.07) is 13.6. The standard InChI is InChI=1S/C18H17N5O2/c24-18(13-25-16-7-4-8-19-9-16)22-10-15(11-22)23-12-17(20-21-23)14-5-2-1-3-6-14/h1-9,12,15H,10-11,13H2. The number of rotatable bonds is 5. The first-order valence-electron chi connectivity index (χ1n) is 8.07. The summed E-state index contributed by atoms with van der Waals surface area (Å²) in [5.41, 5.74) is 1.87. The van der Waals surface area contributed by atoms with Crippen molar-refractivity contribution in [1.29, 1.82) is 0 Å². The second-order valence-electron chi connectivity index (χ2n) is 5.88. The molecule has 126 valence electrons. The van der Waals surface area contributed by atoms with Crippen LogP contribution in [0.25, 0.3) is 11.3 Å². The van der Waals surface area contributed by atoms with Gasteiger partial charge in [-0.15, -0.1) is 5.10 Å². The number of hydrogen-bond donors (Lipinski definition) is 0. The minimum Gasteiger partial charge on any atom is -0.482 e. The number of benzene rings is 1. The van der Waals surface area contributed by atoms with Gasteiger partial charge in [0, 0.05) is 24.8 Å². The first kappa shape index (κ1) is 15.3. The molecule has 1 amide bonds. The van der Waals surface area contributed by atoms with Gasteiger partial charge in [-0.3, -0.25) is 9.78 Å². The fraction of sp³-hybridized carbons (Fsp3) is 0.222. The molecule has 0 bridgehead atoms. The Kier molecular flexibility index (Phi) is 4.12. The van der Waals surface area contributed by atoms with Gasteiger partial charge < -0.3 is 9.64 Å². The number of likely N-dealkylation sites (tertiary alicyclic amines) is 1. The van der Waals surface area contributed by atoms with Crippen molar-refractivity contribution in [3.05, 3.63) is 61.1 Å². The van der Waals surface area contributed by atoms with Crippen LogP contribution in [-0.2, 0) is 4.79 Å². The number of amides is 1. The van der Waals surface area contributed by atoms with E-state index < -0.39 is 0 Å². The van der Waals surface area contributed by atoms with Crippen LogP contribution >= 0.6 is 0 Å². The molecule has 0 N–H and O–H groups in total. The Labute approximate surface area is 144 Å². The van der Waals surface area contributed by atoms with Crippen LogP contribution in [0.3, 0.4) is 0 Å². The lowest BCUT2D eigenvalue weighted by Crippen LogP contribution is -2.52. The summed E-state index contributed by atoms with van der Waals surface area (Å²) in [6.07, 6.45) is 5.18. The van der Waals surface area contributed by atoms with Crippen LogP contribution in [0.15, 0.2) is 61.1 Å². The van der Waals surface area contributed by atoms with E-state index in [1.807, 2.05) is 41.2 Å². The fourth-order valence-corrected chi connectivity index (χ4v) is 2.69. The Bertz CT molecular complexity index is 844. The van der Waals surface area contributed by atoms with E-state index in [0.717, 1.165) is 11.3 Å². The normalized spacial score (nSPS) is 14.2. The van der Waals surface area contributed by atoms with Crippen molar-refractivity contribution >= 4 is 5.91 Å². The molecule has 2 aromatic heterocycles. The predicted octanol–water partition coefficient (Wildman–Crippen LogP) is 1.80. The van der Waals surface area contributed by atoms with Gasteiger partial charge in [0.25, 0.3) is 5.91 Å². The average Bonchev–Trinajstić information content (AvgIpc) is 3.10. The molecule has 1 saturated heterocycles. The van der Waals surface area contributed by atoms with Crippen LogP contribution in [0.2, 0.25) is 0 Å². The third-order valence-electron chi connectivity index (χ3n) is 4.17. The summed E-state index contributed by atoms with van der Waals surface area (Å²) in [6.45, 7) is 1.25. The molecule has 3 aromatic rings. The SMILES string of the molecule is O=C(COc1cccnc1)N1CC(n2cc(-c3ccccc3)nn2)C1. The molecule has 4 rings (SSSR count). The second-order valence-corrected chi connectivity index (χ2v) is 5.88. The van der Waals surface area contributed by atoms with Gasteiger partial charge in [0.15, 0.2) is 6.61 Å². The quantitative estimate of drug-likeness (QED) is 0.711. The van der Waals surface area contributed by atoms with Gasteiger partial charge in [-0.1, -0.05) is 35.5 Å². The van der Waals surface area contributed by atoms with Crippen molar-refractivity contribution < 1.29 is 9.53 Å². The van der Waals surface area contributed by atoms with E-state index in [4.69, 9.17) is 4.74 Å². The van der Waals surface area contributed by atoms with Gasteiger partial charge in [-0.25, -0.2) is 4.68 Å². The maximum Gasteiger partial charge on any atom is 0.260 e. The number of ether oxygens (including phenoxy) is 1. The molecular weight excluding hydrogens is 318 g/mol. The van der Waals surface area contributed by atoms with Crippen LogP contribution < -0.4 is 4.74 Å². The lowest BCUT2D eigenvalue weighted by atomic mass is 10.1. The number of nitrogens with zero attached hydrogens (tertiary/aromatic N) is 5. The number of carbonyl (C=O) groups excluding carboxylic acids is 1. The molecule has 0 atom stereocenters. The zero-order valence-electron chi connectivity index (χ0n) is 13.5. The predicted molar refractivity (Wildman–Crippen MR) is 90.8 cm³/mol. The van der Waals surface area contributed by atoms with Gasteiger partial charge in [0.1, 0.15) is 11.4 Å². The lowest BCUT2D eigenvalue weighted by Gasteiger charge is -2.38. The van der Waals surface area contributed by atoms with Gasteiger partial charge in [-0.2, -0.15) is 0 Å². The van der Waals surface area contributed by atoms with E-state index in [2.05, 4.69) is 15.3 Å². The van der Waals surface area contributed by atoms with Crippen LogP contribution in [0, 0.1) is 0 Å². The fourth-order valence-electron chi connectivity index (χ4n) is 2.69. The summed E-state index contributed by atoms with van der Waals surface area (Å²) in [5, 5.41) is 8.40. The summed E-state index contributed by atoms with van der Waals surface area (Å²) >= 11 is 0. The number of hydrogen-bond acceptors (Lipinski definition) is 5. The highest BCUT2D eigenvalue weighted by Gasteiger charge is 2.32. The van der Waals surface area contributed by atoms with Crippen molar-refractivity contribution in [2.75, 3.05) is 19.7 Å². The van der Waals surface area contributed by atoms with Crippen molar-refractivity contribution in [2.45, 2.75) is 6.04 Å². The Morgan fingerprint density at radius 2 is 2.00 bits per heavy atom. The highest BCUT2D eigenvalue weighted by atomic mass is 16.5. The molecule has 25 heavy (non-hydrogen) atoms. The maximum atomic E-state index is 12.1. The van der Waals surface area contributed by atoms with E-state index in [-0.39, 0.29) is 18.6 Å². The second kappa shape index (κ2) is 6.72. The molecule has 0 saturated carbocycles. The minimum atomic E-state index is -0.0384. The van der Waals surface area contributed by atoms with E-state index >= 15 is 0 Å². The minimum absolute atomic E-state index is 0.0189. The molecule has 0 aliphatic carbocycles. The van der Waals surface area contributed by atoms with E-state index in [0.29, 0.717) is 18.8 Å². The van der Waals surface area contributed by atoms with Gasteiger partial charge in [0.2, 0.25) is 0 Å². The number of aromatic nitrogens is 4. The molecule has 7 heteroatoms. The summed E-state index contributed by atoms with van der Waals surface area (Å²) in [5.74, 6) is 0.556. The largest absolute Gasteiger partial charge is 0.482 e. The van der Waals surface area contributed by atoms with Gasteiger partial charge in [-0.05, 0) is 12.1 Å². The Hall–Kier alpha value is -3.22. The van der Waals surface area contributed by atoms with E-state index in [9.17, 15) is 4.79 Å². The van der Waals surface area contributed by atoms with Crippen LogP contribution in [0.1, 0.15) is 6.04 Å². The van der Waals surface area contributed by atoms with E-state index in [1.165, 1.54) is 0 Å². The third-order valence-corrected chi connectivity index (χ3v) is 4.17. The highest BCUT2D eigenvalue weighted by molar-refractivity contribution is 5.78. The first-order chi connectivity index (χ1) is 12.3. The van der Waals surface area contributed by atoms with Gasteiger partial charge in [0.05, 0.1) is 18.4 Å². The Morgan fingerprint density at radius 1 is 1.16 bits per heavy atom. The molecule has 1 fully saturated rings. The van der Waals surface area contributed by atoms with Crippen LogP contribution in [0.5, 0.6) is 5.75 Å². The number of pyridine rings is 1. The van der Waals surface area contributed by atoms with Crippen LogP contribution in [0.4, 0.5) is 0 Å². The summed E-state index contributed by atoms with van der Waals surface area (Å²) in [4.78, 5) is 17.8. The molecular formula is C18H17N5O2. The molecule has 7 nitrogen and oxygen atoms in total. The topological polar surface area (TPSA) is 73.1 Å². The van der Waals surface area contributed by atoms with Gasteiger partial charge >= 0.3 is 0 Å². The molecule has 0 radical (unpaired) electrons. The molecule has 0 unspecified atom stereocenters. The van der Waals surface area contributed by atoms with Crippen molar-refractivity contribution in [1.82, 2.24) is 24.9 Å². The third kappa shape index (κ3) is 3.35. The zero-order valence-corrected chi connectivity index (χ0v) is 13.5. The number of carbonyl (C=O) groups is 1. The molecule has 0 spiro atoms. The maximum absolute atomic E-state index is 12.1. The Balaban J connectivity index is 1.30. The van der Waals surface area contributed by atoms with Crippen molar-refractivity contribution in [3.63, 3.8) is 0 Å². The lowest BCUT2D eigenvalue weighted by molar-refractivity contribution is -0.139. The zero-order chi connectivity index (χ0) is 17.1. The summed E-state index contributed by atoms with van der Waals surface area (Å²) < 4.78 is 7.27. The highest BCUT2D eigenvalue weighted by Crippen LogP contribution is 2.23. The Morgan fingerprint density at radius 3 is 2.76 bits per heavy atom. The van der Waals surface area contributed by atoms with Crippen molar-refractivity contribution in [3.8, 4) is 17.0 Å². The summed E-state index contributed by atoms with van der Waals surface area (Å²) in [7, 11) is 0.